The normalized spacial score (nSPS) is 20.9. The van der Waals surface area contributed by atoms with Crippen molar-refractivity contribution in [2.24, 2.45) is 5.73 Å². The highest BCUT2D eigenvalue weighted by atomic mass is 16.2. The molecule has 0 aromatic heterocycles. The lowest BCUT2D eigenvalue weighted by atomic mass is 9.79. The molecule has 3 rings (SSSR count). The second kappa shape index (κ2) is 5.69. The number of nitrogens with one attached hydrogen (secondary N) is 1. The largest absolute Gasteiger partial charge is 0.353 e. The monoisotopic (exact) mass is 300 g/mol. The molecular formula is C19H28N2O. The van der Waals surface area contributed by atoms with Crippen molar-refractivity contribution in [3.05, 3.63) is 35.4 Å². The van der Waals surface area contributed by atoms with E-state index in [1.54, 1.807) is 0 Å². The van der Waals surface area contributed by atoms with Gasteiger partial charge in [-0.25, -0.2) is 0 Å². The lowest BCUT2D eigenvalue weighted by molar-refractivity contribution is -0.126. The smallest absolute Gasteiger partial charge is 0.230 e. The quantitative estimate of drug-likeness (QED) is 0.878. The molecule has 0 bridgehead atoms. The van der Waals surface area contributed by atoms with Gasteiger partial charge in [-0.15, -0.1) is 0 Å². The third-order valence-corrected chi connectivity index (χ3v) is 5.38. The van der Waals surface area contributed by atoms with Gasteiger partial charge in [0.15, 0.2) is 0 Å². The Morgan fingerprint density at radius 3 is 2.55 bits per heavy atom. The average molecular weight is 300 g/mol. The van der Waals surface area contributed by atoms with Crippen LogP contribution in [-0.4, -0.2) is 17.5 Å². The fourth-order valence-corrected chi connectivity index (χ4v) is 3.56. The molecule has 2 saturated carbocycles. The zero-order valence-electron chi connectivity index (χ0n) is 13.8. The SMILES string of the molecule is CC(C)(C(=O)NC1CCCC1)c1ccccc1CC1(N)CC1. The van der Waals surface area contributed by atoms with Crippen LogP contribution in [0.5, 0.6) is 0 Å². The van der Waals surface area contributed by atoms with Crippen molar-refractivity contribution in [2.45, 2.75) is 75.8 Å². The fourth-order valence-electron chi connectivity index (χ4n) is 3.56. The predicted octanol–water partition coefficient (Wildman–Crippen LogP) is 3.06. The minimum Gasteiger partial charge on any atom is -0.353 e. The maximum Gasteiger partial charge on any atom is 0.230 e. The molecule has 0 spiro atoms. The van der Waals surface area contributed by atoms with Gasteiger partial charge >= 0.3 is 0 Å². The van der Waals surface area contributed by atoms with Gasteiger partial charge in [0.2, 0.25) is 5.91 Å². The standard InChI is InChI=1S/C19H28N2O/c1-18(2,17(22)21-15-8-4-5-9-15)16-10-6-3-7-14(16)13-19(20)11-12-19/h3,6-7,10,15H,4-5,8-9,11-13,20H2,1-2H3,(H,21,22). The maximum atomic E-state index is 12.8. The zero-order valence-corrected chi connectivity index (χ0v) is 13.8. The molecule has 3 heteroatoms. The van der Waals surface area contributed by atoms with Gasteiger partial charge in [0.25, 0.3) is 0 Å². The number of rotatable bonds is 5. The van der Waals surface area contributed by atoms with Crippen LogP contribution in [-0.2, 0) is 16.6 Å². The summed E-state index contributed by atoms with van der Waals surface area (Å²) in [6.07, 6.45) is 7.77. The van der Waals surface area contributed by atoms with Gasteiger partial charge in [0.1, 0.15) is 0 Å². The molecule has 2 aliphatic rings. The summed E-state index contributed by atoms with van der Waals surface area (Å²) < 4.78 is 0. The van der Waals surface area contributed by atoms with Crippen molar-refractivity contribution < 1.29 is 4.79 Å². The van der Waals surface area contributed by atoms with Gasteiger partial charge in [-0.2, -0.15) is 0 Å². The summed E-state index contributed by atoms with van der Waals surface area (Å²) in [4.78, 5) is 12.8. The van der Waals surface area contributed by atoms with Crippen LogP contribution >= 0.6 is 0 Å². The van der Waals surface area contributed by atoms with E-state index in [9.17, 15) is 4.79 Å². The molecule has 120 valence electrons. The number of nitrogens with two attached hydrogens (primary N) is 1. The van der Waals surface area contributed by atoms with Gasteiger partial charge in [0.05, 0.1) is 5.41 Å². The minimum atomic E-state index is -0.509. The Labute approximate surface area is 133 Å². The van der Waals surface area contributed by atoms with Crippen LogP contribution in [0.4, 0.5) is 0 Å². The Kier molecular flexibility index (Phi) is 4.02. The van der Waals surface area contributed by atoms with E-state index in [-0.39, 0.29) is 11.4 Å². The first-order valence-electron chi connectivity index (χ1n) is 8.59. The second-order valence-electron chi connectivity index (χ2n) is 7.78. The van der Waals surface area contributed by atoms with E-state index in [0.717, 1.165) is 37.7 Å². The first-order valence-corrected chi connectivity index (χ1v) is 8.59. The van der Waals surface area contributed by atoms with E-state index in [4.69, 9.17) is 5.73 Å². The molecule has 3 nitrogen and oxygen atoms in total. The topological polar surface area (TPSA) is 55.1 Å². The van der Waals surface area contributed by atoms with Crippen molar-refractivity contribution in [3.8, 4) is 0 Å². The lowest BCUT2D eigenvalue weighted by Crippen LogP contribution is -2.45. The summed E-state index contributed by atoms with van der Waals surface area (Å²) in [7, 11) is 0. The summed E-state index contributed by atoms with van der Waals surface area (Å²) >= 11 is 0. The maximum absolute atomic E-state index is 12.8. The fraction of sp³-hybridized carbons (Fsp3) is 0.632. The Balaban J connectivity index is 1.79. The van der Waals surface area contributed by atoms with Crippen LogP contribution in [0.3, 0.4) is 0 Å². The van der Waals surface area contributed by atoms with E-state index < -0.39 is 5.41 Å². The number of carbonyl (C=O) groups is 1. The number of hydrogen-bond donors (Lipinski definition) is 2. The zero-order chi connectivity index (χ0) is 15.8. The molecule has 2 fully saturated rings. The van der Waals surface area contributed by atoms with Crippen molar-refractivity contribution >= 4 is 5.91 Å². The number of hydrogen-bond acceptors (Lipinski definition) is 2. The van der Waals surface area contributed by atoms with Gasteiger partial charge in [-0.05, 0) is 57.1 Å². The Morgan fingerprint density at radius 2 is 1.91 bits per heavy atom. The summed E-state index contributed by atoms with van der Waals surface area (Å²) in [6.45, 7) is 4.07. The van der Waals surface area contributed by atoms with Gasteiger partial charge < -0.3 is 11.1 Å². The molecular weight excluding hydrogens is 272 g/mol. The minimum absolute atomic E-state index is 0.0336. The molecule has 1 amide bonds. The predicted molar refractivity (Wildman–Crippen MR) is 89.7 cm³/mol. The Hall–Kier alpha value is -1.35. The van der Waals surface area contributed by atoms with Crippen LogP contribution in [0.1, 0.15) is 63.5 Å². The first kappa shape index (κ1) is 15.5. The van der Waals surface area contributed by atoms with Crippen LogP contribution in [0, 0.1) is 0 Å². The van der Waals surface area contributed by atoms with E-state index in [0.29, 0.717) is 6.04 Å². The number of amides is 1. The van der Waals surface area contributed by atoms with Crippen molar-refractivity contribution in [1.29, 1.82) is 0 Å². The third-order valence-electron chi connectivity index (χ3n) is 5.38. The Bertz CT molecular complexity index is 554. The molecule has 0 atom stereocenters. The molecule has 1 aromatic carbocycles. The summed E-state index contributed by atoms with van der Waals surface area (Å²) in [5.41, 5.74) is 8.11. The average Bonchev–Trinajstić information content (AvgIpc) is 2.99. The highest BCUT2D eigenvalue weighted by molar-refractivity contribution is 5.88. The molecule has 0 heterocycles. The first-order chi connectivity index (χ1) is 10.4. The molecule has 0 aliphatic heterocycles. The summed E-state index contributed by atoms with van der Waals surface area (Å²) in [5.74, 6) is 0.147. The Morgan fingerprint density at radius 1 is 1.27 bits per heavy atom. The van der Waals surface area contributed by atoms with E-state index in [2.05, 4.69) is 23.5 Å². The molecule has 0 radical (unpaired) electrons. The van der Waals surface area contributed by atoms with Crippen LogP contribution in [0.2, 0.25) is 0 Å². The van der Waals surface area contributed by atoms with Crippen molar-refractivity contribution in [1.82, 2.24) is 5.32 Å². The molecule has 22 heavy (non-hydrogen) atoms. The lowest BCUT2D eigenvalue weighted by Gasteiger charge is -2.29. The van der Waals surface area contributed by atoms with E-state index >= 15 is 0 Å². The van der Waals surface area contributed by atoms with Crippen molar-refractivity contribution in [2.75, 3.05) is 0 Å². The molecule has 2 aliphatic carbocycles. The molecule has 3 N–H and O–H groups in total. The number of carbonyl (C=O) groups excluding carboxylic acids is 1. The van der Waals surface area contributed by atoms with Crippen LogP contribution in [0.25, 0.3) is 0 Å². The molecule has 1 aromatic rings. The van der Waals surface area contributed by atoms with Crippen LogP contribution in [0.15, 0.2) is 24.3 Å². The van der Waals surface area contributed by atoms with Gasteiger partial charge in [-0.3, -0.25) is 4.79 Å². The molecule has 0 unspecified atom stereocenters. The van der Waals surface area contributed by atoms with E-state index in [1.807, 2.05) is 19.9 Å². The summed E-state index contributed by atoms with van der Waals surface area (Å²) in [5, 5.41) is 3.25. The summed E-state index contributed by atoms with van der Waals surface area (Å²) in [6, 6.07) is 8.67. The molecule has 0 saturated heterocycles. The number of benzene rings is 1. The highest BCUT2D eigenvalue weighted by Gasteiger charge is 2.40. The van der Waals surface area contributed by atoms with Gasteiger partial charge in [0, 0.05) is 11.6 Å². The van der Waals surface area contributed by atoms with Crippen LogP contribution < -0.4 is 11.1 Å². The highest BCUT2D eigenvalue weighted by Crippen LogP contribution is 2.38. The van der Waals surface area contributed by atoms with Gasteiger partial charge in [-0.1, -0.05) is 37.1 Å². The second-order valence-corrected chi connectivity index (χ2v) is 7.78. The van der Waals surface area contributed by atoms with Crippen molar-refractivity contribution in [3.63, 3.8) is 0 Å². The third kappa shape index (κ3) is 3.19. The van der Waals surface area contributed by atoms with E-state index in [1.165, 1.54) is 18.4 Å².